The van der Waals surface area contributed by atoms with Crippen LogP contribution in [0, 0.1) is 5.41 Å². The van der Waals surface area contributed by atoms with Gasteiger partial charge in [-0.3, -0.25) is 4.79 Å². The Morgan fingerprint density at radius 2 is 2.22 bits per heavy atom. The van der Waals surface area contributed by atoms with Gasteiger partial charge in [-0.15, -0.1) is 0 Å². The summed E-state index contributed by atoms with van der Waals surface area (Å²) in [4.78, 5) is 16.4. The van der Waals surface area contributed by atoms with Crippen LogP contribution in [0.2, 0.25) is 0 Å². The van der Waals surface area contributed by atoms with Crippen LogP contribution in [0.4, 0.5) is 0 Å². The lowest BCUT2D eigenvalue weighted by molar-refractivity contribution is -0.137. The summed E-state index contributed by atoms with van der Waals surface area (Å²) in [6.07, 6.45) is 1.49. The molecular weight excluding hydrogens is 232 g/mol. The average molecular weight is 256 g/mol. The van der Waals surface area contributed by atoms with E-state index >= 15 is 0 Å². The molecule has 1 saturated heterocycles. The molecule has 104 valence electrons. The number of rotatable bonds is 4. The van der Waals surface area contributed by atoms with Crippen molar-refractivity contribution in [3.8, 4) is 0 Å². The summed E-state index contributed by atoms with van der Waals surface area (Å²) in [5.41, 5.74) is 4.76. The number of likely N-dealkylation sites (tertiary alicyclic amines) is 1. The Kier molecular flexibility index (Phi) is 4.56. The van der Waals surface area contributed by atoms with E-state index in [4.69, 9.17) is 10.9 Å². The van der Waals surface area contributed by atoms with E-state index < -0.39 is 5.41 Å². The molecule has 2 unspecified atom stereocenters. The normalized spacial score (nSPS) is 24.4. The molecule has 1 aliphatic heterocycles. The van der Waals surface area contributed by atoms with E-state index in [1.807, 2.05) is 25.9 Å². The highest BCUT2D eigenvalue weighted by Gasteiger charge is 2.41. The highest BCUT2D eigenvalue weighted by Crippen LogP contribution is 2.27. The molecule has 18 heavy (non-hydrogen) atoms. The van der Waals surface area contributed by atoms with Crippen molar-refractivity contribution in [1.82, 2.24) is 9.80 Å². The SMILES string of the molecule is CCC(C)(C(=O)N1CCC(N(C)C)C1)C(N)=NO. The van der Waals surface area contributed by atoms with Crippen molar-refractivity contribution in [1.29, 1.82) is 0 Å². The van der Waals surface area contributed by atoms with E-state index in [1.54, 1.807) is 6.92 Å². The molecule has 1 rings (SSSR count). The first-order valence-corrected chi connectivity index (χ1v) is 6.30. The zero-order valence-electron chi connectivity index (χ0n) is 11.7. The number of amidine groups is 1. The van der Waals surface area contributed by atoms with Crippen LogP contribution in [-0.4, -0.2) is 60.0 Å². The van der Waals surface area contributed by atoms with Gasteiger partial charge in [0.2, 0.25) is 5.91 Å². The minimum Gasteiger partial charge on any atom is -0.409 e. The fourth-order valence-corrected chi connectivity index (χ4v) is 2.25. The fourth-order valence-electron chi connectivity index (χ4n) is 2.25. The van der Waals surface area contributed by atoms with Gasteiger partial charge >= 0.3 is 0 Å². The van der Waals surface area contributed by atoms with Gasteiger partial charge in [0.1, 0.15) is 5.41 Å². The first-order chi connectivity index (χ1) is 8.36. The van der Waals surface area contributed by atoms with Crippen LogP contribution < -0.4 is 5.73 Å². The van der Waals surface area contributed by atoms with Gasteiger partial charge in [0.05, 0.1) is 0 Å². The van der Waals surface area contributed by atoms with Crippen molar-refractivity contribution in [3.05, 3.63) is 0 Å². The molecular formula is C12H24N4O2. The summed E-state index contributed by atoms with van der Waals surface area (Å²) < 4.78 is 0. The van der Waals surface area contributed by atoms with Crippen molar-refractivity contribution in [2.24, 2.45) is 16.3 Å². The molecule has 0 spiro atoms. The minimum atomic E-state index is -0.907. The number of nitrogens with two attached hydrogens (primary N) is 1. The summed E-state index contributed by atoms with van der Waals surface area (Å²) in [5, 5.41) is 11.8. The van der Waals surface area contributed by atoms with E-state index in [2.05, 4.69) is 10.1 Å². The maximum absolute atomic E-state index is 12.5. The van der Waals surface area contributed by atoms with Gasteiger partial charge < -0.3 is 20.7 Å². The van der Waals surface area contributed by atoms with Gasteiger partial charge in [-0.1, -0.05) is 12.1 Å². The second kappa shape index (κ2) is 5.56. The first-order valence-electron chi connectivity index (χ1n) is 6.30. The molecule has 0 aromatic heterocycles. The standard InChI is InChI=1S/C12H24N4O2/c1-5-12(2,10(13)14-18)11(17)16-7-6-9(8-16)15(3)4/h9,18H,5-8H2,1-4H3,(H2,13,14). The zero-order valence-corrected chi connectivity index (χ0v) is 11.7. The Bertz CT molecular complexity index is 343. The van der Waals surface area contributed by atoms with Crippen LogP contribution in [-0.2, 0) is 4.79 Å². The predicted octanol–water partition coefficient (Wildman–Crippen LogP) is 0.312. The second-order valence-corrected chi connectivity index (χ2v) is 5.33. The molecule has 0 saturated carbocycles. The summed E-state index contributed by atoms with van der Waals surface area (Å²) in [5.74, 6) is -0.0621. The third-order valence-electron chi connectivity index (χ3n) is 4.03. The predicted molar refractivity (Wildman–Crippen MR) is 70.5 cm³/mol. The maximum atomic E-state index is 12.5. The Labute approximate surface area is 108 Å². The van der Waals surface area contributed by atoms with Crippen LogP contribution in [0.1, 0.15) is 26.7 Å². The van der Waals surface area contributed by atoms with Crippen LogP contribution in [0.3, 0.4) is 0 Å². The zero-order chi connectivity index (χ0) is 13.9. The van der Waals surface area contributed by atoms with E-state index in [9.17, 15) is 4.79 Å². The monoisotopic (exact) mass is 256 g/mol. The van der Waals surface area contributed by atoms with Gasteiger partial charge in [-0.25, -0.2) is 0 Å². The third-order valence-corrected chi connectivity index (χ3v) is 4.03. The molecule has 2 atom stereocenters. The topological polar surface area (TPSA) is 82.2 Å². The summed E-state index contributed by atoms with van der Waals surface area (Å²) in [6, 6.07) is 0.391. The number of carbonyl (C=O) groups is 1. The van der Waals surface area contributed by atoms with Crippen LogP contribution in [0.15, 0.2) is 5.16 Å². The largest absolute Gasteiger partial charge is 0.409 e. The van der Waals surface area contributed by atoms with Gasteiger partial charge in [-0.05, 0) is 33.9 Å². The molecule has 1 heterocycles. The maximum Gasteiger partial charge on any atom is 0.236 e. The molecule has 1 fully saturated rings. The van der Waals surface area contributed by atoms with Crippen molar-refractivity contribution in [3.63, 3.8) is 0 Å². The highest BCUT2D eigenvalue weighted by molar-refractivity contribution is 6.06. The van der Waals surface area contributed by atoms with E-state index in [1.165, 1.54) is 0 Å². The van der Waals surface area contributed by atoms with Crippen molar-refractivity contribution in [2.75, 3.05) is 27.2 Å². The summed E-state index contributed by atoms with van der Waals surface area (Å²) in [7, 11) is 4.03. The van der Waals surface area contributed by atoms with E-state index in [-0.39, 0.29) is 11.7 Å². The number of hydrogen-bond acceptors (Lipinski definition) is 4. The quantitative estimate of drug-likeness (QED) is 0.328. The Balaban J connectivity index is 2.81. The number of amides is 1. The second-order valence-electron chi connectivity index (χ2n) is 5.33. The third kappa shape index (κ3) is 2.58. The fraction of sp³-hybridized carbons (Fsp3) is 0.833. The number of oxime groups is 1. The van der Waals surface area contributed by atoms with E-state index in [0.29, 0.717) is 19.0 Å². The lowest BCUT2D eigenvalue weighted by Gasteiger charge is -2.31. The summed E-state index contributed by atoms with van der Waals surface area (Å²) in [6.45, 7) is 5.04. The molecule has 6 heteroatoms. The van der Waals surface area contributed by atoms with Crippen LogP contribution >= 0.6 is 0 Å². The lowest BCUT2D eigenvalue weighted by Crippen LogP contribution is -2.49. The van der Waals surface area contributed by atoms with Crippen LogP contribution in [0.25, 0.3) is 0 Å². The molecule has 1 aliphatic rings. The molecule has 0 aromatic rings. The molecule has 1 amide bonds. The van der Waals surface area contributed by atoms with Crippen LogP contribution in [0.5, 0.6) is 0 Å². The highest BCUT2D eigenvalue weighted by atomic mass is 16.4. The molecule has 3 N–H and O–H groups in total. The van der Waals surface area contributed by atoms with Crippen molar-refractivity contribution in [2.45, 2.75) is 32.7 Å². The smallest absolute Gasteiger partial charge is 0.236 e. The average Bonchev–Trinajstić information content (AvgIpc) is 2.85. The molecule has 0 radical (unpaired) electrons. The molecule has 0 aliphatic carbocycles. The molecule has 0 bridgehead atoms. The molecule has 0 aromatic carbocycles. The van der Waals surface area contributed by atoms with Gasteiger partial charge in [0.25, 0.3) is 0 Å². The van der Waals surface area contributed by atoms with E-state index in [0.717, 1.165) is 13.0 Å². The number of likely N-dealkylation sites (N-methyl/N-ethyl adjacent to an activating group) is 1. The molecule has 6 nitrogen and oxygen atoms in total. The number of hydrogen-bond donors (Lipinski definition) is 2. The number of carbonyl (C=O) groups excluding carboxylic acids is 1. The lowest BCUT2D eigenvalue weighted by atomic mass is 9.84. The first kappa shape index (κ1) is 14.8. The van der Waals surface area contributed by atoms with Crippen molar-refractivity contribution >= 4 is 11.7 Å². The van der Waals surface area contributed by atoms with Crippen molar-refractivity contribution < 1.29 is 10.0 Å². The Morgan fingerprint density at radius 3 is 2.61 bits per heavy atom. The van der Waals surface area contributed by atoms with Gasteiger partial charge in [0.15, 0.2) is 5.84 Å². The van der Waals surface area contributed by atoms with Gasteiger partial charge in [0, 0.05) is 19.1 Å². The summed E-state index contributed by atoms with van der Waals surface area (Å²) >= 11 is 0. The number of nitrogens with zero attached hydrogens (tertiary/aromatic N) is 3. The van der Waals surface area contributed by atoms with Gasteiger partial charge in [-0.2, -0.15) is 0 Å². The Morgan fingerprint density at radius 1 is 1.61 bits per heavy atom. The minimum absolute atomic E-state index is 0.0108. The Hall–Kier alpha value is -1.30.